The Kier molecular flexibility index (Phi) is 2.68. The van der Waals surface area contributed by atoms with Crippen molar-refractivity contribution in [2.24, 2.45) is 0 Å². The zero-order chi connectivity index (χ0) is 9.97. The molecular weight excluding hydrogens is 200 g/mol. The number of anilines is 1. The molecule has 2 rings (SSSR count). The van der Waals surface area contributed by atoms with Gasteiger partial charge in [0.2, 0.25) is 0 Å². The summed E-state index contributed by atoms with van der Waals surface area (Å²) in [6, 6.07) is 3.58. The summed E-state index contributed by atoms with van der Waals surface area (Å²) in [5, 5.41) is 0.687. The van der Waals surface area contributed by atoms with E-state index in [0.29, 0.717) is 23.6 Å². The standard InChI is InChI=1S/C10H11ClN2O/c11-8-1-4-12-10(7-8)13-5-2-9(14)3-6-13/h1,4,7H,2-3,5-6H2. The van der Waals surface area contributed by atoms with Crippen LogP contribution < -0.4 is 4.90 Å². The molecule has 4 heteroatoms. The van der Waals surface area contributed by atoms with Gasteiger partial charge >= 0.3 is 0 Å². The van der Waals surface area contributed by atoms with E-state index in [1.54, 1.807) is 12.3 Å². The fraction of sp³-hybridized carbons (Fsp3) is 0.400. The van der Waals surface area contributed by atoms with Gasteiger partial charge in [-0.05, 0) is 12.1 Å². The lowest BCUT2D eigenvalue weighted by Crippen LogP contribution is -2.34. The molecular formula is C10H11ClN2O. The summed E-state index contributed by atoms with van der Waals surface area (Å²) in [5.41, 5.74) is 0. The lowest BCUT2D eigenvalue weighted by atomic mass is 10.1. The Morgan fingerprint density at radius 3 is 2.71 bits per heavy atom. The van der Waals surface area contributed by atoms with Gasteiger partial charge in [0.25, 0.3) is 0 Å². The number of halogens is 1. The molecule has 14 heavy (non-hydrogen) atoms. The number of hydrogen-bond donors (Lipinski definition) is 0. The third-order valence-corrected chi connectivity index (χ3v) is 2.59. The van der Waals surface area contributed by atoms with Gasteiger partial charge in [-0.2, -0.15) is 0 Å². The highest BCUT2D eigenvalue weighted by Crippen LogP contribution is 2.19. The molecule has 0 radical (unpaired) electrons. The molecule has 74 valence electrons. The molecule has 0 bridgehead atoms. The average Bonchev–Trinajstić information content (AvgIpc) is 2.19. The largest absolute Gasteiger partial charge is 0.356 e. The maximum Gasteiger partial charge on any atom is 0.136 e. The molecule has 0 unspecified atom stereocenters. The van der Waals surface area contributed by atoms with Crippen LogP contribution in [0.15, 0.2) is 18.3 Å². The van der Waals surface area contributed by atoms with Gasteiger partial charge in [-0.3, -0.25) is 4.79 Å². The zero-order valence-electron chi connectivity index (χ0n) is 7.74. The first-order valence-corrected chi connectivity index (χ1v) is 5.02. The number of pyridine rings is 1. The van der Waals surface area contributed by atoms with E-state index in [-0.39, 0.29) is 0 Å². The van der Waals surface area contributed by atoms with Gasteiger partial charge in [0.15, 0.2) is 0 Å². The second-order valence-corrected chi connectivity index (χ2v) is 3.79. The van der Waals surface area contributed by atoms with E-state index in [4.69, 9.17) is 11.6 Å². The van der Waals surface area contributed by atoms with Gasteiger partial charge in [-0.15, -0.1) is 0 Å². The Labute approximate surface area is 87.7 Å². The molecule has 0 spiro atoms. The summed E-state index contributed by atoms with van der Waals surface area (Å²) in [6.07, 6.45) is 2.93. The predicted molar refractivity (Wildman–Crippen MR) is 55.7 cm³/mol. The zero-order valence-corrected chi connectivity index (χ0v) is 8.50. The van der Waals surface area contributed by atoms with Crippen molar-refractivity contribution in [3.63, 3.8) is 0 Å². The highest BCUT2D eigenvalue weighted by Gasteiger charge is 2.17. The number of nitrogens with zero attached hydrogens (tertiary/aromatic N) is 2. The lowest BCUT2D eigenvalue weighted by Gasteiger charge is -2.26. The van der Waals surface area contributed by atoms with Gasteiger partial charge in [-0.25, -0.2) is 4.98 Å². The Balaban J connectivity index is 2.12. The van der Waals surface area contributed by atoms with Crippen molar-refractivity contribution in [3.8, 4) is 0 Å². The number of hydrogen-bond acceptors (Lipinski definition) is 3. The second-order valence-electron chi connectivity index (χ2n) is 3.36. The van der Waals surface area contributed by atoms with Crippen molar-refractivity contribution in [1.29, 1.82) is 0 Å². The summed E-state index contributed by atoms with van der Waals surface area (Å²) in [4.78, 5) is 17.3. The van der Waals surface area contributed by atoms with Gasteiger partial charge in [0, 0.05) is 37.2 Å². The third-order valence-electron chi connectivity index (χ3n) is 2.35. The molecule has 0 amide bonds. The molecule has 1 aliphatic rings. The van der Waals surface area contributed by atoms with Crippen molar-refractivity contribution < 1.29 is 4.79 Å². The minimum atomic E-state index is 0.336. The average molecular weight is 211 g/mol. The van der Waals surface area contributed by atoms with E-state index in [9.17, 15) is 4.79 Å². The number of ketones is 1. The number of Topliss-reactive ketones (excluding diaryl/α,β-unsaturated/α-hetero) is 1. The number of carbonyl (C=O) groups excluding carboxylic acids is 1. The van der Waals surface area contributed by atoms with Crippen LogP contribution in [0.3, 0.4) is 0 Å². The van der Waals surface area contributed by atoms with Crippen molar-refractivity contribution in [2.75, 3.05) is 18.0 Å². The fourth-order valence-electron chi connectivity index (χ4n) is 1.55. The van der Waals surface area contributed by atoms with Gasteiger partial charge in [0.1, 0.15) is 11.6 Å². The Morgan fingerprint density at radius 1 is 1.36 bits per heavy atom. The van der Waals surface area contributed by atoms with Crippen LogP contribution in [0.25, 0.3) is 0 Å². The van der Waals surface area contributed by atoms with E-state index in [1.165, 1.54) is 0 Å². The van der Waals surface area contributed by atoms with E-state index in [0.717, 1.165) is 18.9 Å². The molecule has 0 saturated carbocycles. The molecule has 1 aliphatic heterocycles. The summed E-state index contributed by atoms with van der Waals surface area (Å²) in [5.74, 6) is 1.20. The van der Waals surface area contributed by atoms with Crippen LogP contribution >= 0.6 is 11.6 Å². The van der Waals surface area contributed by atoms with Gasteiger partial charge in [0.05, 0.1) is 0 Å². The number of carbonyl (C=O) groups is 1. The summed E-state index contributed by atoms with van der Waals surface area (Å²) in [6.45, 7) is 1.51. The molecule has 2 heterocycles. The van der Waals surface area contributed by atoms with Crippen molar-refractivity contribution in [1.82, 2.24) is 4.98 Å². The van der Waals surface area contributed by atoms with Crippen LogP contribution in [0, 0.1) is 0 Å². The highest BCUT2D eigenvalue weighted by atomic mass is 35.5. The van der Waals surface area contributed by atoms with Crippen molar-refractivity contribution in [3.05, 3.63) is 23.4 Å². The summed E-state index contributed by atoms with van der Waals surface area (Å²) < 4.78 is 0. The maximum atomic E-state index is 11.0. The Bertz CT molecular complexity index is 344. The van der Waals surface area contributed by atoms with E-state index < -0.39 is 0 Å². The summed E-state index contributed by atoms with van der Waals surface area (Å²) >= 11 is 5.86. The van der Waals surface area contributed by atoms with Gasteiger partial charge in [-0.1, -0.05) is 11.6 Å². The first kappa shape index (κ1) is 9.46. The van der Waals surface area contributed by atoms with Crippen molar-refractivity contribution in [2.45, 2.75) is 12.8 Å². The van der Waals surface area contributed by atoms with E-state index >= 15 is 0 Å². The molecule has 0 atom stereocenters. The number of rotatable bonds is 1. The monoisotopic (exact) mass is 210 g/mol. The van der Waals surface area contributed by atoms with Crippen LogP contribution in [0.2, 0.25) is 5.02 Å². The van der Waals surface area contributed by atoms with Crippen LogP contribution in [0.4, 0.5) is 5.82 Å². The fourth-order valence-corrected chi connectivity index (χ4v) is 1.71. The number of aromatic nitrogens is 1. The van der Waals surface area contributed by atoms with Gasteiger partial charge < -0.3 is 4.90 Å². The Hall–Kier alpha value is -1.09. The molecule has 0 aliphatic carbocycles. The Morgan fingerprint density at radius 2 is 2.07 bits per heavy atom. The molecule has 3 nitrogen and oxygen atoms in total. The maximum absolute atomic E-state index is 11.0. The molecule has 0 aromatic carbocycles. The first-order valence-electron chi connectivity index (χ1n) is 4.64. The normalized spacial score (nSPS) is 17.2. The molecule has 1 fully saturated rings. The third kappa shape index (κ3) is 2.04. The number of piperidine rings is 1. The first-order chi connectivity index (χ1) is 6.75. The summed E-state index contributed by atoms with van der Waals surface area (Å²) in [7, 11) is 0. The predicted octanol–water partition coefficient (Wildman–Crippen LogP) is 1.90. The molecule has 1 aromatic heterocycles. The topological polar surface area (TPSA) is 33.2 Å². The smallest absolute Gasteiger partial charge is 0.136 e. The molecule has 1 saturated heterocycles. The van der Waals surface area contributed by atoms with E-state index in [2.05, 4.69) is 9.88 Å². The minimum Gasteiger partial charge on any atom is -0.356 e. The lowest BCUT2D eigenvalue weighted by molar-refractivity contribution is -0.119. The van der Waals surface area contributed by atoms with Crippen LogP contribution in [0.5, 0.6) is 0 Å². The van der Waals surface area contributed by atoms with Crippen LogP contribution in [-0.4, -0.2) is 23.9 Å². The molecule has 0 N–H and O–H groups in total. The SMILES string of the molecule is O=C1CCN(c2cc(Cl)ccn2)CC1. The highest BCUT2D eigenvalue weighted by molar-refractivity contribution is 6.30. The molecule has 1 aromatic rings. The second kappa shape index (κ2) is 3.96. The van der Waals surface area contributed by atoms with Crippen LogP contribution in [0.1, 0.15) is 12.8 Å². The van der Waals surface area contributed by atoms with E-state index in [1.807, 2.05) is 6.07 Å². The minimum absolute atomic E-state index is 0.336. The van der Waals surface area contributed by atoms with Crippen LogP contribution in [-0.2, 0) is 4.79 Å². The quantitative estimate of drug-likeness (QED) is 0.710. The van der Waals surface area contributed by atoms with Crippen molar-refractivity contribution >= 4 is 23.2 Å².